The van der Waals surface area contributed by atoms with Gasteiger partial charge in [-0.15, -0.1) is 0 Å². The van der Waals surface area contributed by atoms with Crippen molar-refractivity contribution < 1.29 is 24.6 Å². The van der Waals surface area contributed by atoms with Crippen molar-refractivity contribution in [3.8, 4) is 0 Å². The van der Waals surface area contributed by atoms with E-state index in [1.165, 1.54) is 11.9 Å². The molecule has 0 aliphatic rings. The molecule has 0 saturated carbocycles. The molecule has 0 spiro atoms. The normalized spacial score (nSPS) is 11.5. The van der Waals surface area contributed by atoms with Crippen LogP contribution in [0, 0.1) is 0 Å². The summed E-state index contributed by atoms with van der Waals surface area (Å²) in [5, 5.41) is 21.5. The Morgan fingerprint density at radius 1 is 1.24 bits per heavy atom. The van der Waals surface area contributed by atoms with Crippen LogP contribution in [0.2, 0.25) is 0 Å². The fourth-order valence-electron chi connectivity index (χ4n) is 0.840. The second-order valence-electron chi connectivity index (χ2n) is 3.47. The highest BCUT2D eigenvalue weighted by Crippen LogP contribution is 1.93. The first-order valence-electron chi connectivity index (χ1n) is 4.98. The van der Waals surface area contributed by atoms with Gasteiger partial charge in [0.15, 0.2) is 0 Å². The average Bonchev–Trinajstić information content (AvgIpc) is 2.31. The van der Waals surface area contributed by atoms with Crippen LogP contribution in [0.3, 0.4) is 0 Å². The van der Waals surface area contributed by atoms with E-state index in [4.69, 9.17) is 10.2 Å². The van der Waals surface area contributed by atoms with Crippen LogP contribution in [-0.4, -0.2) is 65.8 Å². The molecule has 0 aliphatic carbocycles. The number of hydrogen-bond acceptors (Lipinski definition) is 4. The number of carbonyl (C=O) groups is 3. The molecular formula is C9H17N3O5. The summed E-state index contributed by atoms with van der Waals surface area (Å²) in [7, 11) is 1.48. The minimum Gasteiger partial charge on any atom is -0.480 e. The summed E-state index contributed by atoms with van der Waals surface area (Å²) < 4.78 is 0. The molecule has 0 aromatic heterocycles. The third-order valence-corrected chi connectivity index (χ3v) is 2.08. The molecule has 8 heteroatoms. The Kier molecular flexibility index (Phi) is 6.64. The van der Waals surface area contributed by atoms with Crippen molar-refractivity contribution in [2.75, 3.05) is 26.7 Å². The summed E-state index contributed by atoms with van der Waals surface area (Å²) >= 11 is 0. The molecule has 17 heavy (non-hydrogen) atoms. The molecule has 0 bridgehead atoms. The largest absolute Gasteiger partial charge is 0.480 e. The predicted octanol–water partition coefficient (Wildman–Crippen LogP) is -1.79. The summed E-state index contributed by atoms with van der Waals surface area (Å²) in [6.07, 6.45) is 0. The lowest BCUT2D eigenvalue weighted by Crippen LogP contribution is -2.47. The maximum Gasteiger partial charge on any atom is 0.322 e. The van der Waals surface area contributed by atoms with Crippen molar-refractivity contribution >= 4 is 17.9 Å². The minimum absolute atomic E-state index is 0.185. The molecule has 0 radical (unpaired) electrons. The third kappa shape index (κ3) is 6.36. The van der Waals surface area contributed by atoms with Gasteiger partial charge in [0.05, 0.1) is 19.2 Å². The van der Waals surface area contributed by atoms with Crippen LogP contribution < -0.4 is 10.6 Å². The predicted molar refractivity (Wildman–Crippen MR) is 58.4 cm³/mol. The second-order valence-corrected chi connectivity index (χ2v) is 3.47. The molecule has 1 atom stereocenters. The Labute approximate surface area is 98.6 Å². The van der Waals surface area contributed by atoms with Gasteiger partial charge in [-0.1, -0.05) is 0 Å². The van der Waals surface area contributed by atoms with Crippen LogP contribution in [0.4, 0.5) is 4.79 Å². The van der Waals surface area contributed by atoms with Crippen molar-refractivity contribution in [1.82, 2.24) is 15.5 Å². The van der Waals surface area contributed by atoms with Crippen LogP contribution in [-0.2, 0) is 9.59 Å². The Morgan fingerprint density at radius 2 is 1.82 bits per heavy atom. The van der Waals surface area contributed by atoms with Crippen molar-refractivity contribution in [1.29, 1.82) is 0 Å². The van der Waals surface area contributed by atoms with Crippen LogP contribution in [0.5, 0.6) is 0 Å². The lowest BCUT2D eigenvalue weighted by atomic mass is 10.3. The molecule has 0 heterocycles. The highest BCUT2D eigenvalue weighted by atomic mass is 16.4. The van der Waals surface area contributed by atoms with E-state index in [2.05, 4.69) is 10.6 Å². The van der Waals surface area contributed by atoms with Gasteiger partial charge in [0.1, 0.15) is 6.54 Å². The molecule has 1 unspecified atom stereocenters. The Balaban J connectivity index is 3.91. The standard InChI is InChI=1S/C9H17N3O5/c1-6(5-13)12(2)9(17)11-3-7(14)10-4-8(15)16/h6,13H,3-5H2,1-2H3,(H,10,14)(H,11,17)(H,15,16). The van der Waals surface area contributed by atoms with Crippen LogP contribution >= 0.6 is 0 Å². The summed E-state index contributed by atoms with van der Waals surface area (Å²) in [4.78, 5) is 33.8. The van der Waals surface area contributed by atoms with Crippen LogP contribution in [0.15, 0.2) is 0 Å². The number of likely N-dealkylation sites (N-methyl/N-ethyl adjacent to an activating group) is 1. The maximum atomic E-state index is 11.4. The molecule has 0 fully saturated rings. The number of aliphatic carboxylic acids is 1. The molecule has 0 rings (SSSR count). The van der Waals surface area contributed by atoms with E-state index in [9.17, 15) is 14.4 Å². The number of carboxylic acids is 1. The van der Waals surface area contributed by atoms with Crippen molar-refractivity contribution in [3.63, 3.8) is 0 Å². The number of carboxylic acid groups (broad SMARTS) is 1. The van der Waals surface area contributed by atoms with Gasteiger partial charge in [-0.25, -0.2) is 4.79 Å². The van der Waals surface area contributed by atoms with Crippen molar-refractivity contribution in [2.45, 2.75) is 13.0 Å². The monoisotopic (exact) mass is 247 g/mol. The molecule has 0 aromatic carbocycles. The Bertz CT molecular complexity index is 294. The second kappa shape index (κ2) is 7.44. The summed E-state index contributed by atoms with van der Waals surface area (Å²) in [6.45, 7) is 0.658. The first-order chi connectivity index (χ1) is 7.88. The zero-order valence-corrected chi connectivity index (χ0v) is 9.77. The summed E-state index contributed by atoms with van der Waals surface area (Å²) in [5.74, 6) is -1.75. The van der Waals surface area contributed by atoms with Crippen molar-refractivity contribution in [3.05, 3.63) is 0 Å². The number of aliphatic hydroxyl groups is 1. The van der Waals surface area contributed by atoms with Gasteiger partial charge in [-0.3, -0.25) is 9.59 Å². The highest BCUT2D eigenvalue weighted by molar-refractivity contribution is 5.86. The highest BCUT2D eigenvalue weighted by Gasteiger charge is 2.15. The van der Waals surface area contributed by atoms with Gasteiger partial charge >= 0.3 is 12.0 Å². The fourth-order valence-corrected chi connectivity index (χ4v) is 0.840. The molecule has 3 amide bonds. The van der Waals surface area contributed by atoms with E-state index in [1.54, 1.807) is 6.92 Å². The molecular weight excluding hydrogens is 230 g/mol. The topological polar surface area (TPSA) is 119 Å². The van der Waals surface area contributed by atoms with Crippen molar-refractivity contribution in [2.24, 2.45) is 0 Å². The minimum atomic E-state index is -1.16. The molecule has 0 saturated heterocycles. The van der Waals surface area contributed by atoms with E-state index in [0.717, 1.165) is 0 Å². The Hall–Kier alpha value is -1.83. The van der Waals surface area contributed by atoms with Gasteiger partial charge in [0.25, 0.3) is 0 Å². The molecule has 4 N–H and O–H groups in total. The smallest absolute Gasteiger partial charge is 0.322 e. The first-order valence-corrected chi connectivity index (χ1v) is 4.98. The van der Waals surface area contributed by atoms with Gasteiger partial charge in [0, 0.05) is 7.05 Å². The van der Waals surface area contributed by atoms with E-state index in [1.807, 2.05) is 0 Å². The van der Waals surface area contributed by atoms with Crippen LogP contribution in [0.25, 0.3) is 0 Å². The van der Waals surface area contributed by atoms with Gasteiger partial charge in [-0.2, -0.15) is 0 Å². The average molecular weight is 247 g/mol. The number of nitrogens with zero attached hydrogens (tertiary/aromatic N) is 1. The summed E-state index contributed by atoms with van der Waals surface area (Å²) in [6, 6.07) is -0.880. The third-order valence-electron chi connectivity index (χ3n) is 2.08. The molecule has 8 nitrogen and oxygen atoms in total. The number of urea groups is 1. The quantitative estimate of drug-likeness (QED) is 0.442. The number of hydrogen-bond donors (Lipinski definition) is 4. The molecule has 98 valence electrons. The van der Waals surface area contributed by atoms with Gasteiger partial charge in [0.2, 0.25) is 5.91 Å². The van der Waals surface area contributed by atoms with E-state index in [0.29, 0.717) is 0 Å². The SMILES string of the molecule is CC(CO)N(C)C(=O)NCC(=O)NCC(=O)O. The van der Waals surface area contributed by atoms with Gasteiger partial charge < -0.3 is 25.7 Å². The van der Waals surface area contributed by atoms with Crippen LogP contribution in [0.1, 0.15) is 6.92 Å². The summed E-state index contributed by atoms with van der Waals surface area (Å²) in [5.41, 5.74) is 0. The zero-order chi connectivity index (χ0) is 13.4. The number of nitrogens with one attached hydrogen (secondary N) is 2. The Morgan fingerprint density at radius 3 is 2.29 bits per heavy atom. The van der Waals surface area contributed by atoms with Gasteiger partial charge in [-0.05, 0) is 6.92 Å². The number of carbonyl (C=O) groups excluding carboxylic acids is 2. The van der Waals surface area contributed by atoms with E-state index >= 15 is 0 Å². The fraction of sp³-hybridized carbons (Fsp3) is 0.667. The zero-order valence-electron chi connectivity index (χ0n) is 9.77. The molecule has 0 aromatic rings. The number of amides is 3. The number of aliphatic hydroxyl groups excluding tert-OH is 1. The lowest BCUT2D eigenvalue weighted by molar-refractivity contribution is -0.137. The molecule has 0 aliphatic heterocycles. The lowest BCUT2D eigenvalue weighted by Gasteiger charge is -2.23. The number of rotatable bonds is 6. The van der Waals surface area contributed by atoms with E-state index < -0.39 is 24.5 Å². The first kappa shape index (κ1) is 15.2. The maximum absolute atomic E-state index is 11.4. The van der Waals surface area contributed by atoms with E-state index in [-0.39, 0.29) is 19.2 Å².